The maximum atomic E-state index is 12.8. The van der Waals surface area contributed by atoms with Crippen molar-refractivity contribution < 1.29 is 18.8 Å². The van der Waals surface area contributed by atoms with Crippen molar-refractivity contribution in [3.05, 3.63) is 53.5 Å². The van der Waals surface area contributed by atoms with Gasteiger partial charge in [-0.05, 0) is 49.9 Å². The zero-order chi connectivity index (χ0) is 22.0. The molecule has 4 rings (SSSR count). The molecular formula is C23H26N4O4. The Morgan fingerprint density at radius 1 is 1.13 bits per heavy atom. The molecule has 8 nitrogen and oxygen atoms in total. The number of nitrogens with one attached hydrogen (secondary N) is 1. The minimum atomic E-state index is -0.248. The van der Waals surface area contributed by atoms with Crippen molar-refractivity contribution in [3.63, 3.8) is 0 Å². The molecule has 0 bridgehead atoms. The van der Waals surface area contributed by atoms with Crippen LogP contribution in [0.3, 0.4) is 0 Å². The Morgan fingerprint density at radius 3 is 2.61 bits per heavy atom. The molecule has 2 aromatic rings. The van der Waals surface area contributed by atoms with Gasteiger partial charge in [0.15, 0.2) is 0 Å². The second-order valence-corrected chi connectivity index (χ2v) is 8.09. The summed E-state index contributed by atoms with van der Waals surface area (Å²) in [5.74, 6) is -0.420. The summed E-state index contributed by atoms with van der Waals surface area (Å²) >= 11 is 0. The lowest BCUT2D eigenvalue weighted by molar-refractivity contribution is -0.119. The molecule has 31 heavy (non-hydrogen) atoms. The Balaban J connectivity index is 1.39. The van der Waals surface area contributed by atoms with Gasteiger partial charge in [0, 0.05) is 32.0 Å². The van der Waals surface area contributed by atoms with E-state index in [0.29, 0.717) is 49.3 Å². The van der Waals surface area contributed by atoms with Crippen LogP contribution in [0.2, 0.25) is 0 Å². The lowest BCUT2D eigenvalue weighted by atomic mass is 10.0. The number of aryl methyl sites for hydroxylation is 2. The summed E-state index contributed by atoms with van der Waals surface area (Å²) < 4.78 is 4.98. The van der Waals surface area contributed by atoms with Crippen LogP contribution >= 0.6 is 0 Å². The van der Waals surface area contributed by atoms with Gasteiger partial charge in [-0.1, -0.05) is 12.1 Å². The molecule has 1 aromatic carbocycles. The minimum absolute atomic E-state index is 0.0321. The monoisotopic (exact) mass is 422 g/mol. The maximum Gasteiger partial charge on any atom is 0.267 e. The van der Waals surface area contributed by atoms with Gasteiger partial charge in [-0.15, -0.1) is 0 Å². The number of nitrogens with zero attached hydrogens (tertiary/aromatic N) is 3. The van der Waals surface area contributed by atoms with Crippen LogP contribution in [0.15, 0.2) is 46.3 Å². The first-order chi connectivity index (χ1) is 14.9. The second kappa shape index (κ2) is 8.75. The van der Waals surface area contributed by atoms with E-state index in [4.69, 9.17) is 4.42 Å². The van der Waals surface area contributed by atoms with E-state index in [1.165, 1.54) is 17.5 Å². The van der Waals surface area contributed by atoms with E-state index in [0.717, 1.165) is 11.1 Å². The van der Waals surface area contributed by atoms with E-state index >= 15 is 0 Å². The summed E-state index contributed by atoms with van der Waals surface area (Å²) in [7, 11) is 0. The molecule has 8 heteroatoms. The normalized spacial score (nSPS) is 17.5. The Morgan fingerprint density at radius 2 is 1.90 bits per heavy atom. The number of hydrogen-bond acceptors (Lipinski definition) is 5. The van der Waals surface area contributed by atoms with Crippen molar-refractivity contribution in [2.24, 2.45) is 5.10 Å². The number of hydrazone groups is 1. The van der Waals surface area contributed by atoms with E-state index in [1.807, 2.05) is 32.0 Å². The first-order valence-electron chi connectivity index (χ1n) is 10.5. The molecule has 3 amide bonds. The zero-order valence-electron chi connectivity index (χ0n) is 17.8. The van der Waals surface area contributed by atoms with Gasteiger partial charge in [0.05, 0.1) is 17.5 Å². The number of furan rings is 1. The second-order valence-electron chi connectivity index (χ2n) is 8.09. The number of amides is 3. The standard InChI is InChI=1S/C23H26N4O4/c1-15-3-4-16(2)20(13-15)27-21(28)6-5-19(25-27)22(29)24-18-7-10-26(11-8-18)23(30)17-9-12-31-14-17/h3-4,9,12-14,18H,5-8,10-11H2,1-2H3,(H,24,29). The quantitative estimate of drug-likeness (QED) is 0.820. The number of rotatable bonds is 4. The molecule has 1 N–H and O–H groups in total. The lowest BCUT2D eigenvalue weighted by Crippen LogP contribution is -2.49. The van der Waals surface area contributed by atoms with Crippen molar-refractivity contribution in [1.29, 1.82) is 0 Å². The molecule has 0 radical (unpaired) electrons. The van der Waals surface area contributed by atoms with Crippen LogP contribution in [-0.4, -0.2) is 47.5 Å². The van der Waals surface area contributed by atoms with Crippen LogP contribution in [0.5, 0.6) is 0 Å². The van der Waals surface area contributed by atoms with Gasteiger partial charge in [0.1, 0.15) is 12.0 Å². The first-order valence-corrected chi connectivity index (χ1v) is 10.5. The van der Waals surface area contributed by atoms with Gasteiger partial charge in [-0.3, -0.25) is 14.4 Å². The molecule has 0 unspecified atom stereocenters. The van der Waals surface area contributed by atoms with E-state index in [-0.39, 0.29) is 30.2 Å². The van der Waals surface area contributed by atoms with Gasteiger partial charge in [-0.2, -0.15) is 5.10 Å². The Bertz CT molecular complexity index is 1020. The number of carbonyl (C=O) groups is 3. The summed E-state index contributed by atoms with van der Waals surface area (Å²) in [5, 5.41) is 8.78. The van der Waals surface area contributed by atoms with E-state index in [1.54, 1.807) is 11.0 Å². The molecule has 0 aliphatic carbocycles. The zero-order valence-corrected chi connectivity index (χ0v) is 17.8. The highest BCUT2D eigenvalue weighted by atomic mass is 16.3. The topological polar surface area (TPSA) is 95.2 Å². The van der Waals surface area contributed by atoms with Crippen LogP contribution in [0.4, 0.5) is 5.69 Å². The molecule has 1 saturated heterocycles. The molecule has 0 atom stereocenters. The van der Waals surface area contributed by atoms with Crippen LogP contribution in [0, 0.1) is 13.8 Å². The third-order valence-electron chi connectivity index (χ3n) is 5.77. The molecule has 2 aliphatic heterocycles. The predicted molar refractivity (Wildman–Crippen MR) is 116 cm³/mol. The average Bonchev–Trinajstić information content (AvgIpc) is 3.31. The van der Waals surface area contributed by atoms with Crippen molar-refractivity contribution >= 4 is 29.1 Å². The Kier molecular flexibility index (Phi) is 5.88. The third kappa shape index (κ3) is 4.52. The Hall–Kier alpha value is -3.42. The van der Waals surface area contributed by atoms with Crippen molar-refractivity contribution in [1.82, 2.24) is 10.2 Å². The molecule has 3 heterocycles. The van der Waals surface area contributed by atoms with Gasteiger partial charge in [0.2, 0.25) is 5.91 Å². The van der Waals surface area contributed by atoms with Gasteiger partial charge in [0.25, 0.3) is 11.8 Å². The fourth-order valence-corrected chi connectivity index (χ4v) is 3.92. The molecule has 2 aliphatic rings. The molecule has 1 aromatic heterocycles. The maximum absolute atomic E-state index is 12.8. The first kappa shape index (κ1) is 20.8. The summed E-state index contributed by atoms with van der Waals surface area (Å²) in [6.07, 6.45) is 4.84. The number of benzene rings is 1. The third-order valence-corrected chi connectivity index (χ3v) is 5.77. The smallest absolute Gasteiger partial charge is 0.267 e. The lowest BCUT2D eigenvalue weighted by Gasteiger charge is -2.32. The van der Waals surface area contributed by atoms with Gasteiger partial charge in [-0.25, -0.2) is 5.01 Å². The predicted octanol–water partition coefficient (Wildman–Crippen LogP) is 2.80. The summed E-state index contributed by atoms with van der Waals surface area (Å²) in [6.45, 7) is 5.01. The fourth-order valence-electron chi connectivity index (χ4n) is 3.92. The number of likely N-dealkylation sites (tertiary alicyclic amines) is 1. The van der Waals surface area contributed by atoms with Crippen LogP contribution in [0.25, 0.3) is 0 Å². The van der Waals surface area contributed by atoms with Gasteiger partial charge < -0.3 is 14.6 Å². The van der Waals surface area contributed by atoms with Crippen molar-refractivity contribution in [2.45, 2.75) is 45.6 Å². The highest BCUT2D eigenvalue weighted by Gasteiger charge is 2.29. The minimum Gasteiger partial charge on any atom is -0.472 e. The van der Waals surface area contributed by atoms with Crippen LogP contribution < -0.4 is 10.3 Å². The summed E-state index contributed by atoms with van der Waals surface area (Å²) in [6, 6.07) is 7.45. The van der Waals surface area contributed by atoms with Gasteiger partial charge >= 0.3 is 0 Å². The van der Waals surface area contributed by atoms with Crippen molar-refractivity contribution in [2.75, 3.05) is 18.1 Å². The summed E-state index contributed by atoms with van der Waals surface area (Å²) in [4.78, 5) is 39.5. The number of piperidine rings is 1. The number of carbonyl (C=O) groups excluding carboxylic acids is 3. The molecule has 0 saturated carbocycles. The van der Waals surface area contributed by atoms with Crippen molar-refractivity contribution in [3.8, 4) is 0 Å². The van der Waals surface area contributed by atoms with E-state index in [9.17, 15) is 14.4 Å². The average molecular weight is 422 g/mol. The number of hydrogen-bond donors (Lipinski definition) is 1. The SMILES string of the molecule is Cc1ccc(C)c(N2N=C(C(=O)NC3CCN(C(=O)c4ccoc4)CC3)CCC2=O)c1. The van der Waals surface area contributed by atoms with Crippen LogP contribution in [-0.2, 0) is 9.59 Å². The highest BCUT2D eigenvalue weighted by molar-refractivity contribution is 6.40. The van der Waals surface area contributed by atoms with E-state index < -0.39 is 0 Å². The van der Waals surface area contributed by atoms with Crippen LogP contribution in [0.1, 0.15) is 47.2 Å². The summed E-state index contributed by atoms with van der Waals surface area (Å²) in [5.41, 5.74) is 3.56. The van der Waals surface area contributed by atoms with E-state index in [2.05, 4.69) is 10.4 Å². The fraction of sp³-hybridized carbons (Fsp3) is 0.391. The molecule has 0 spiro atoms. The largest absolute Gasteiger partial charge is 0.472 e. The Labute approximate surface area is 180 Å². The number of anilines is 1. The molecular weight excluding hydrogens is 396 g/mol. The molecule has 162 valence electrons. The molecule has 1 fully saturated rings. The highest BCUT2D eigenvalue weighted by Crippen LogP contribution is 2.25.